The Bertz CT molecular complexity index is 674. The van der Waals surface area contributed by atoms with Gasteiger partial charge in [-0.1, -0.05) is 30.3 Å². The minimum Gasteiger partial charge on any atom is -0.492 e. The third kappa shape index (κ3) is 4.57. The summed E-state index contributed by atoms with van der Waals surface area (Å²) in [4.78, 5) is 17.0. The second-order valence-corrected chi connectivity index (χ2v) is 5.92. The van der Waals surface area contributed by atoms with E-state index in [2.05, 4.69) is 5.32 Å². The van der Waals surface area contributed by atoms with E-state index in [0.717, 1.165) is 10.3 Å². The van der Waals surface area contributed by atoms with Crippen LogP contribution in [-0.2, 0) is 11.3 Å². The molecule has 7 nitrogen and oxygen atoms in total. The topological polar surface area (TPSA) is 93.0 Å². The number of carbonyl (C=O) groups is 1. The summed E-state index contributed by atoms with van der Waals surface area (Å²) in [5.41, 5.74) is 0.181. The third-order valence-electron chi connectivity index (χ3n) is 2.75. The number of nitrogens with one attached hydrogen (secondary N) is 1. The number of rotatable bonds is 4. The Morgan fingerprint density at radius 3 is 2.48 bits per heavy atom. The number of anilines is 1. The molecule has 0 bridgehead atoms. The predicted molar refractivity (Wildman–Crippen MR) is 84.3 cm³/mol. The number of aromatic nitrogens is 1. The van der Waals surface area contributed by atoms with Crippen LogP contribution in [0.3, 0.4) is 0 Å². The molecule has 2 aromatic rings. The van der Waals surface area contributed by atoms with Gasteiger partial charge in [-0.3, -0.25) is 5.32 Å². The molecular weight excluding hydrogens is 300 g/mol. The van der Waals surface area contributed by atoms with Crippen molar-refractivity contribution in [3.05, 3.63) is 42.0 Å². The van der Waals surface area contributed by atoms with E-state index in [1.54, 1.807) is 20.8 Å². The van der Waals surface area contributed by atoms with E-state index in [1.807, 2.05) is 30.3 Å². The largest absolute Gasteiger partial charge is 0.492 e. The highest BCUT2D eigenvalue weighted by atomic mass is 16.7. The van der Waals surface area contributed by atoms with Crippen LogP contribution in [0.25, 0.3) is 0 Å². The molecule has 1 amide bonds. The molecule has 0 saturated carbocycles. The molecule has 0 aliphatic carbocycles. The van der Waals surface area contributed by atoms with Crippen LogP contribution in [0.15, 0.2) is 36.4 Å². The summed E-state index contributed by atoms with van der Waals surface area (Å²) < 4.78 is 5.92. The van der Waals surface area contributed by atoms with Gasteiger partial charge in [-0.15, -0.1) is 4.73 Å². The summed E-state index contributed by atoms with van der Waals surface area (Å²) in [5, 5.41) is 22.2. The molecule has 0 atom stereocenters. The number of carbonyl (C=O) groups excluding carboxylic acids is 1. The van der Waals surface area contributed by atoms with Crippen molar-refractivity contribution in [1.29, 1.82) is 0 Å². The van der Waals surface area contributed by atoms with Crippen molar-refractivity contribution in [2.75, 3.05) is 5.32 Å². The molecular formula is C16H20N2O5. The molecule has 0 radical (unpaired) electrons. The summed E-state index contributed by atoms with van der Waals surface area (Å²) in [6.45, 7) is 5.30. The Hall–Kier alpha value is -2.83. The van der Waals surface area contributed by atoms with Crippen LogP contribution in [0.4, 0.5) is 10.5 Å². The van der Waals surface area contributed by atoms with E-state index < -0.39 is 17.6 Å². The maximum Gasteiger partial charge on any atom is 0.412 e. The first-order valence-electron chi connectivity index (χ1n) is 7.07. The predicted octanol–water partition coefficient (Wildman–Crippen LogP) is 2.88. The molecule has 1 heterocycles. The SMILES string of the molecule is CC(C)(C)OC(=O)Nc1cc(O)n(OCc2ccccc2)c1O. The first-order valence-corrected chi connectivity index (χ1v) is 7.07. The molecule has 1 aromatic heterocycles. The lowest BCUT2D eigenvalue weighted by Gasteiger charge is -2.19. The Labute approximate surface area is 134 Å². The van der Waals surface area contributed by atoms with Crippen molar-refractivity contribution < 1.29 is 24.6 Å². The summed E-state index contributed by atoms with van der Waals surface area (Å²) in [6, 6.07) is 10.4. The van der Waals surface area contributed by atoms with Crippen molar-refractivity contribution in [3.63, 3.8) is 0 Å². The number of benzene rings is 1. The van der Waals surface area contributed by atoms with Gasteiger partial charge in [0.05, 0.1) is 0 Å². The number of ether oxygens (including phenoxy) is 1. The van der Waals surface area contributed by atoms with E-state index in [-0.39, 0.29) is 18.2 Å². The molecule has 0 spiro atoms. The van der Waals surface area contributed by atoms with Crippen LogP contribution in [0, 0.1) is 0 Å². The molecule has 0 aliphatic heterocycles. The fraction of sp³-hybridized carbons (Fsp3) is 0.312. The molecule has 23 heavy (non-hydrogen) atoms. The lowest BCUT2D eigenvalue weighted by Crippen LogP contribution is -2.27. The molecule has 0 saturated heterocycles. The highest BCUT2D eigenvalue weighted by molar-refractivity contribution is 5.87. The van der Waals surface area contributed by atoms with E-state index in [9.17, 15) is 15.0 Å². The van der Waals surface area contributed by atoms with Gasteiger partial charge in [-0.05, 0) is 26.3 Å². The van der Waals surface area contributed by atoms with E-state index in [0.29, 0.717) is 0 Å². The lowest BCUT2D eigenvalue weighted by molar-refractivity contribution is 0.0618. The summed E-state index contributed by atoms with van der Waals surface area (Å²) in [7, 11) is 0. The van der Waals surface area contributed by atoms with Crippen LogP contribution >= 0.6 is 0 Å². The first kappa shape index (κ1) is 16.5. The van der Waals surface area contributed by atoms with Crippen molar-refractivity contribution in [3.8, 4) is 11.8 Å². The van der Waals surface area contributed by atoms with Gasteiger partial charge in [-0.2, -0.15) is 0 Å². The van der Waals surface area contributed by atoms with E-state index in [4.69, 9.17) is 9.57 Å². The highest BCUT2D eigenvalue weighted by Gasteiger charge is 2.21. The monoisotopic (exact) mass is 320 g/mol. The van der Waals surface area contributed by atoms with Gasteiger partial charge in [0.25, 0.3) is 5.88 Å². The zero-order valence-electron chi connectivity index (χ0n) is 13.2. The smallest absolute Gasteiger partial charge is 0.412 e. The van der Waals surface area contributed by atoms with Gasteiger partial charge in [0.15, 0.2) is 0 Å². The number of hydrogen-bond acceptors (Lipinski definition) is 5. The average molecular weight is 320 g/mol. The molecule has 124 valence electrons. The van der Waals surface area contributed by atoms with Crippen LogP contribution in [-0.4, -0.2) is 26.6 Å². The van der Waals surface area contributed by atoms with Gasteiger partial charge < -0.3 is 19.8 Å². The molecule has 0 unspecified atom stereocenters. The molecule has 7 heteroatoms. The quantitative estimate of drug-likeness (QED) is 0.805. The summed E-state index contributed by atoms with van der Waals surface area (Å²) >= 11 is 0. The van der Waals surface area contributed by atoms with Crippen molar-refractivity contribution >= 4 is 11.8 Å². The van der Waals surface area contributed by atoms with Crippen molar-refractivity contribution in [2.24, 2.45) is 0 Å². The van der Waals surface area contributed by atoms with Gasteiger partial charge >= 0.3 is 6.09 Å². The number of hydrogen-bond donors (Lipinski definition) is 3. The fourth-order valence-corrected chi connectivity index (χ4v) is 1.82. The minimum absolute atomic E-state index is 0.00943. The lowest BCUT2D eigenvalue weighted by atomic mass is 10.2. The first-order chi connectivity index (χ1) is 10.8. The van der Waals surface area contributed by atoms with Crippen molar-refractivity contribution in [2.45, 2.75) is 33.0 Å². The van der Waals surface area contributed by atoms with Gasteiger partial charge in [0, 0.05) is 6.07 Å². The van der Waals surface area contributed by atoms with Crippen LogP contribution in [0.1, 0.15) is 26.3 Å². The molecule has 2 rings (SSSR count). The molecule has 0 fully saturated rings. The molecule has 3 N–H and O–H groups in total. The normalized spacial score (nSPS) is 11.1. The molecule has 0 aliphatic rings. The number of aromatic hydroxyl groups is 2. The Morgan fingerprint density at radius 1 is 1.22 bits per heavy atom. The van der Waals surface area contributed by atoms with Crippen LogP contribution in [0.2, 0.25) is 0 Å². The number of amides is 1. The number of nitrogens with zero attached hydrogens (tertiary/aromatic N) is 1. The maximum atomic E-state index is 11.7. The Morgan fingerprint density at radius 2 is 1.87 bits per heavy atom. The van der Waals surface area contributed by atoms with E-state index >= 15 is 0 Å². The fourth-order valence-electron chi connectivity index (χ4n) is 1.82. The second kappa shape index (κ2) is 6.51. The minimum atomic E-state index is -0.743. The third-order valence-corrected chi connectivity index (χ3v) is 2.75. The Balaban J connectivity index is 2.05. The molecule has 1 aromatic carbocycles. The zero-order valence-corrected chi connectivity index (χ0v) is 13.2. The zero-order chi connectivity index (χ0) is 17.0. The van der Waals surface area contributed by atoms with Crippen molar-refractivity contribution in [1.82, 2.24) is 4.73 Å². The highest BCUT2D eigenvalue weighted by Crippen LogP contribution is 2.31. The summed E-state index contributed by atoms with van der Waals surface area (Å²) in [6.07, 6.45) is -0.743. The Kier molecular flexibility index (Phi) is 4.68. The second-order valence-electron chi connectivity index (χ2n) is 5.92. The van der Waals surface area contributed by atoms with Crippen LogP contribution < -0.4 is 10.2 Å². The summed E-state index contributed by atoms with van der Waals surface area (Å²) in [5.74, 6) is -0.770. The van der Waals surface area contributed by atoms with Gasteiger partial charge in [0.1, 0.15) is 17.9 Å². The average Bonchev–Trinajstić information content (AvgIpc) is 2.70. The standard InChI is InChI=1S/C16H20N2O5/c1-16(2,3)23-15(21)17-12-9-13(19)18(14(12)20)22-10-11-7-5-4-6-8-11/h4-9,19-20H,10H2,1-3H3,(H,17,21). The van der Waals surface area contributed by atoms with Crippen LogP contribution in [0.5, 0.6) is 11.8 Å². The van der Waals surface area contributed by atoms with Gasteiger partial charge in [0.2, 0.25) is 5.88 Å². The van der Waals surface area contributed by atoms with E-state index in [1.165, 1.54) is 6.07 Å². The van der Waals surface area contributed by atoms with Gasteiger partial charge in [-0.25, -0.2) is 4.79 Å². The maximum absolute atomic E-state index is 11.7.